The van der Waals surface area contributed by atoms with Crippen LogP contribution in [0.25, 0.3) is 0 Å². The first-order valence-electron chi connectivity index (χ1n) is 8.84. The number of Topliss-reactive ketones (excluding diaryl/α,β-unsaturated/α-hetero) is 1. The van der Waals surface area contributed by atoms with Crippen molar-refractivity contribution in [1.82, 2.24) is 4.31 Å². The first kappa shape index (κ1) is 18.9. The number of benzene rings is 3. The van der Waals surface area contributed by atoms with E-state index in [1.165, 1.54) is 4.31 Å². The molecule has 0 aromatic heterocycles. The van der Waals surface area contributed by atoms with Crippen molar-refractivity contribution in [3.05, 3.63) is 101 Å². The summed E-state index contributed by atoms with van der Waals surface area (Å²) in [5, 5.41) is 0.524. The fourth-order valence-electron chi connectivity index (χ4n) is 3.37. The largest absolute Gasteiger partial charge is 0.292 e. The molecule has 4 nitrogen and oxygen atoms in total. The average Bonchev–Trinajstić information content (AvgIpc) is 3.46. The molecular formula is C22H18ClNO3S. The molecule has 1 aliphatic heterocycles. The Hall–Kier alpha value is -2.47. The van der Waals surface area contributed by atoms with Crippen LogP contribution in [-0.2, 0) is 10.0 Å². The molecule has 3 aromatic carbocycles. The minimum atomic E-state index is -3.80. The van der Waals surface area contributed by atoms with E-state index >= 15 is 0 Å². The number of hydrogen-bond acceptors (Lipinski definition) is 3. The third kappa shape index (κ3) is 3.37. The molecule has 3 unspecified atom stereocenters. The molecular weight excluding hydrogens is 394 g/mol. The van der Waals surface area contributed by atoms with Crippen LogP contribution in [0.5, 0.6) is 0 Å². The molecule has 0 radical (unpaired) electrons. The molecule has 1 saturated heterocycles. The van der Waals surface area contributed by atoms with Crippen molar-refractivity contribution in [3.8, 4) is 0 Å². The van der Waals surface area contributed by atoms with Crippen molar-refractivity contribution in [2.45, 2.75) is 23.9 Å². The molecule has 4 rings (SSSR count). The second kappa shape index (κ2) is 7.17. The number of nitrogens with zero attached hydrogens (tertiary/aromatic N) is 1. The molecule has 6 heteroatoms. The number of ketones is 1. The summed E-state index contributed by atoms with van der Waals surface area (Å²) in [6, 6.07) is 21.1. The summed E-state index contributed by atoms with van der Waals surface area (Å²) in [6.07, 6.45) is 0. The number of rotatable bonds is 5. The number of aryl methyl sites for hydroxylation is 1. The molecule has 1 aliphatic rings. The number of hydrogen-bond donors (Lipinski definition) is 0. The fraction of sp³-hybridized carbons (Fsp3) is 0.136. The Morgan fingerprint density at radius 1 is 0.893 bits per heavy atom. The highest BCUT2D eigenvalue weighted by atomic mass is 35.5. The van der Waals surface area contributed by atoms with Crippen LogP contribution >= 0.6 is 11.6 Å². The van der Waals surface area contributed by atoms with E-state index in [2.05, 4.69) is 0 Å². The van der Waals surface area contributed by atoms with Crippen LogP contribution in [0.1, 0.15) is 27.5 Å². The van der Waals surface area contributed by atoms with Crippen LogP contribution in [0.4, 0.5) is 0 Å². The molecule has 0 N–H and O–H groups in total. The maximum Gasteiger partial charge on any atom is 0.244 e. The third-order valence-corrected chi connectivity index (χ3v) is 7.02. The molecule has 0 spiro atoms. The van der Waals surface area contributed by atoms with Gasteiger partial charge in [0.25, 0.3) is 0 Å². The predicted octanol–water partition coefficient (Wildman–Crippen LogP) is 4.65. The van der Waals surface area contributed by atoms with Crippen molar-refractivity contribution >= 4 is 27.4 Å². The number of carbonyl (C=O) groups is 1. The van der Waals surface area contributed by atoms with Crippen LogP contribution in [0.2, 0.25) is 5.02 Å². The topological polar surface area (TPSA) is 54.2 Å². The average molecular weight is 412 g/mol. The van der Waals surface area contributed by atoms with Gasteiger partial charge in [0.05, 0.1) is 10.9 Å². The van der Waals surface area contributed by atoms with E-state index in [1.54, 1.807) is 48.5 Å². The zero-order valence-corrected chi connectivity index (χ0v) is 16.7. The molecule has 1 fully saturated rings. The predicted molar refractivity (Wildman–Crippen MR) is 109 cm³/mol. The standard InChI is InChI=1S/C22H18ClNO3S/c1-15-7-13-19(14-8-15)28(26,27)24-20(16-5-3-2-4-6-16)21(24)22(25)17-9-11-18(23)12-10-17/h2-14,20-21H,1H3. The third-order valence-electron chi connectivity index (χ3n) is 4.89. The highest BCUT2D eigenvalue weighted by Gasteiger charge is 2.60. The Bertz CT molecular complexity index is 1110. The summed E-state index contributed by atoms with van der Waals surface area (Å²) in [5.41, 5.74) is 2.21. The molecule has 3 atom stereocenters. The maximum atomic E-state index is 13.2. The Morgan fingerprint density at radius 2 is 1.50 bits per heavy atom. The lowest BCUT2D eigenvalue weighted by Crippen LogP contribution is -2.19. The van der Waals surface area contributed by atoms with Crippen LogP contribution in [-0.4, -0.2) is 24.5 Å². The van der Waals surface area contributed by atoms with Gasteiger partial charge in [-0.25, -0.2) is 8.42 Å². The lowest BCUT2D eigenvalue weighted by Gasteiger charge is -2.07. The quantitative estimate of drug-likeness (QED) is 0.453. The minimum absolute atomic E-state index is 0.186. The smallest absolute Gasteiger partial charge is 0.244 e. The number of halogens is 1. The number of sulfonamides is 1. The van der Waals surface area contributed by atoms with Gasteiger partial charge in [-0.2, -0.15) is 4.31 Å². The highest BCUT2D eigenvalue weighted by molar-refractivity contribution is 7.89. The summed E-state index contributed by atoms with van der Waals surface area (Å²) in [6.45, 7) is 1.90. The fourth-order valence-corrected chi connectivity index (χ4v) is 5.21. The van der Waals surface area contributed by atoms with E-state index < -0.39 is 22.1 Å². The zero-order valence-electron chi connectivity index (χ0n) is 15.1. The van der Waals surface area contributed by atoms with E-state index in [4.69, 9.17) is 11.6 Å². The molecule has 0 bridgehead atoms. The van der Waals surface area contributed by atoms with Crippen molar-refractivity contribution in [2.24, 2.45) is 0 Å². The van der Waals surface area contributed by atoms with Crippen molar-refractivity contribution in [2.75, 3.05) is 0 Å². The summed E-state index contributed by atoms with van der Waals surface area (Å²) in [7, 11) is -3.80. The molecule has 0 aliphatic carbocycles. The van der Waals surface area contributed by atoms with E-state index in [-0.39, 0.29) is 10.7 Å². The van der Waals surface area contributed by atoms with Crippen LogP contribution in [0.3, 0.4) is 0 Å². The Kier molecular flexibility index (Phi) is 4.83. The van der Waals surface area contributed by atoms with Crippen LogP contribution in [0, 0.1) is 6.92 Å². The van der Waals surface area contributed by atoms with Crippen LogP contribution in [0.15, 0.2) is 83.8 Å². The lowest BCUT2D eigenvalue weighted by molar-refractivity contribution is 0.0981. The van der Waals surface area contributed by atoms with E-state index in [1.807, 2.05) is 37.3 Å². The SMILES string of the molecule is Cc1ccc(S(=O)(=O)N2C(C(=O)c3ccc(Cl)cc3)C2c2ccccc2)cc1. The first-order valence-corrected chi connectivity index (χ1v) is 10.7. The summed E-state index contributed by atoms with van der Waals surface area (Å²) in [4.78, 5) is 13.3. The minimum Gasteiger partial charge on any atom is -0.292 e. The van der Waals surface area contributed by atoms with Gasteiger partial charge in [-0.15, -0.1) is 0 Å². The van der Waals surface area contributed by atoms with Crippen LogP contribution < -0.4 is 0 Å². The second-order valence-electron chi connectivity index (χ2n) is 6.82. The van der Waals surface area contributed by atoms with Gasteiger partial charge in [0, 0.05) is 10.6 Å². The van der Waals surface area contributed by atoms with E-state index in [0.717, 1.165) is 11.1 Å². The summed E-state index contributed by atoms with van der Waals surface area (Å²) < 4.78 is 27.8. The highest BCUT2D eigenvalue weighted by Crippen LogP contribution is 2.49. The van der Waals surface area contributed by atoms with Gasteiger partial charge >= 0.3 is 0 Å². The summed E-state index contributed by atoms with van der Waals surface area (Å²) in [5.74, 6) is -0.235. The van der Waals surface area contributed by atoms with Gasteiger partial charge in [-0.05, 0) is 48.9 Å². The van der Waals surface area contributed by atoms with Crippen molar-refractivity contribution in [1.29, 1.82) is 0 Å². The Labute approximate surface area is 169 Å². The van der Waals surface area contributed by atoms with Gasteiger partial charge < -0.3 is 0 Å². The first-order chi connectivity index (χ1) is 13.4. The van der Waals surface area contributed by atoms with Gasteiger partial charge in [0.1, 0.15) is 6.04 Å². The lowest BCUT2D eigenvalue weighted by atomic mass is 10.0. The molecule has 0 amide bonds. The van der Waals surface area contributed by atoms with E-state index in [9.17, 15) is 13.2 Å². The molecule has 0 saturated carbocycles. The monoisotopic (exact) mass is 411 g/mol. The Balaban J connectivity index is 1.74. The number of carbonyl (C=O) groups excluding carboxylic acids is 1. The van der Waals surface area contributed by atoms with Gasteiger partial charge in [0.15, 0.2) is 5.78 Å². The molecule has 1 heterocycles. The normalized spacial score (nSPS) is 21.3. The van der Waals surface area contributed by atoms with Gasteiger partial charge in [0.2, 0.25) is 10.0 Å². The molecule has 142 valence electrons. The van der Waals surface area contributed by atoms with Crippen molar-refractivity contribution in [3.63, 3.8) is 0 Å². The van der Waals surface area contributed by atoms with E-state index in [0.29, 0.717) is 10.6 Å². The second-order valence-corrected chi connectivity index (χ2v) is 9.10. The molecule has 28 heavy (non-hydrogen) atoms. The van der Waals surface area contributed by atoms with Crippen molar-refractivity contribution < 1.29 is 13.2 Å². The molecule has 3 aromatic rings. The van der Waals surface area contributed by atoms with Gasteiger partial charge in [-0.3, -0.25) is 4.79 Å². The zero-order chi connectivity index (χ0) is 19.9. The summed E-state index contributed by atoms with van der Waals surface area (Å²) >= 11 is 5.91. The van der Waals surface area contributed by atoms with Gasteiger partial charge in [-0.1, -0.05) is 59.6 Å². The maximum absolute atomic E-state index is 13.2. The Morgan fingerprint density at radius 3 is 2.11 bits per heavy atom.